The zero-order chi connectivity index (χ0) is 10.7. The van der Waals surface area contributed by atoms with Crippen LogP contribution >= 0.6 is 0 Å². The molecule has 0 aromatic carbocycles. The van der Waals surface area contributed by atoms with Gasteiger partial charge in [-0.1, -0.05) is 0 Å². The molecule has 1 atom stereocenters. The summed E-state index contributed by atoms with van der Waals surface area (Å²) in [7, 11) is 0. The van der Waals surface area contributed by atoms with Gasteiger partial charge in [-0.2, -0.15) is 0 Å². The first kappa shape index (κ1) is 10.2. The number of H-pyrrole nitrogens is 2. The van der Waals surface area contributed by atoms with Gasteiger partial charge in [-0.15, -0.1) is 0 Å². The Morgan fingerprint density at radius 1 is 1.57 bits per heavy atom. The number of rotatable bonds is 3. The number of nitrogens with two attached hydrogens (primary N) is 1. The lowest BCUT2D eigenvalue weighted by Crippen LogP contribution is -2.35. The molecule has 0 saturated carbocycles. The van der Waals surface area contributed by atoms with E-state index >= 15 is 0 Å². The number of aromatic amines is 2. The fourth-order valence-electron chi connectivity index (χ4n) is 0.914. The summed E-state index contributed by atoms with van der Waals surface area (Å²) in [6, 6.07) is -1.15. The highest BCUT2D eigenvalue weighted by molar-refractivity contribution is 5.73. The molecule has 1 heterocycles. The summed E-state index contributed by atoms with van der Waals surface area (Å²) in [6.07, 6.45) is 1.03. The average molecular weight is 199 g/mol. The zero-order valence-electron chi connectivity index (χ0n) is 7.11. The zero-order valence-corrected chi connectivity index (χ0v) is 7.11. The SMILES string of the molecule is N[C@H](Cc1c[nH]c(=O)[nH]c1=O)C(=O)O. The van der Waals surface area contributed by atoms with E-state index in [1.165, 1.54) is 0 Å². The van der Waals surface area contributed by atoms with Crippen LogP contribution in [0.25, 0.3) is 0 Å². The summed E-state index contributed by atoms with van der Waals surface area (Å²) in [6.45, 7) is 0. The second kappa shape index (κ2) is 3.88. The van der Waals surface area contributed by atoms with Crippen molar-refractivity contribution in [3.05, 3.63) is 32.6 Å². The van der Waals surface area contributed by atoms with Gasteiger partial charge in [0.2, 0.25) is 0 Å². The summed E-state index contributed by atoms with van der Waals surface area (Å²) in [5, 5.41) is 8.48. The van der Waals surface area contributed by atoms with Crippen molar-refractivity contribution in [1.82, 2.24) is 9.97 Å². The molecule has 0 bridgehead atoms. The van der Waals surface area contributed by atoms with Crippen LogP contribution in [0, 0.1) is 0 Å². The Balaban J connectivity index is 2.93. The summed E-state index contributed by atoms with van der Waals surface area (Å²) >= 11 is 0. The van der Waals surface area contributed by atoms with Crippen molar-refractivity contribution < 1.29 is 9.90 Å². The first-order chi connectivity index (χ1) is 6.50. The molecular formula is C7H9N3O4. The lowest BCUT2D eigenvalue weighted by atomic mass is 10.1. The van der Waals surface area contributed by atoms with E-state index in [9.17, 15) is 14.4 Å². The third kappa shape index (κ3) is 2.30. The van der Waals surface area contributed by atoms with E-state index < -0.39 is 23.3 Å². The number of nitrogens with one attached hydrogen (secondary N) is 2. The number of carbonyl (C=O) groups is 1. The summed E-state index contributed by atoms with van der Waals surface area (Å²) < 4.78 is 0. The van der Waals surface area contributed by atoms with Crippen molar-refractivity contribution in [3.8, 4) is 0 Å². The van der Waals surface area contributed by atoms with Crippen LogP contribution in [0.1, 0.15) is 5.56 Å². The second-order valence-corrected chi connectivity index (χ2v) is 2.75. The molecule has 0 aliphatic heterocycles. The number of carboxylic acid groups (broad SMARTS) is 1. The summed E-state index contributed by atoms with van der Waals surface area (Å²) in [4.78, 5) is 36.2. The molecule has 7 nitrogen and oxygen atoms in total. The largest absolute Gasteiger partial charge is 0.480 e. The van der Waals surface area contributed by atoms with Gasteiger partial charge in [0.15, 0.2) is 0 Å². The number of aliphatic carboxylic acids is 1. The number of hydrogen-bond donors (Lipinski definition) is 4. The minimum atomic E-state index is -1.20. The molecule has 0 spiro atoms. The average Bonchev–Trinajstić information content (AvgIpc) is 2.09. The van der Waals surface area contributed by atoms with E-state index in [0.29, 0.717) is 0 Å². The third-order valence-electron chi connectivity index (χ3n) is 1.65. The van der Waals surface area contributed by atoms with E-state index in [4.69, 9.17) is 10.8 Å². The van der Waals surface area contributed by atoms with Crippen molar-refractivity contribution in [2.45, 2.75) is 12.5 Å². The normalized spacial score (nSPS) is 12.4. The first-order valence-corrected chi connectivity index (χ1v) is 3.80. The number of hydrogen-bond acceptors (Lipinski definition) is 4. The van der Waals surface area contributed by atoms with Gasteiger partial charge in [0.05, 0.1) is 0 Å². The lowest BCUT2D eigenvalue weighted by molar-refractivity contribution is -0.138. The molecule has 1 aromatic rings. The Labute approximate surface area is 77.6 Å². The van der Waals surface area contributed by atoms with Gasteiger partial charge in [-0.25, -0.2) is 4.79 Å². The summed E-state index contributed by atoms with van der Waals surface area (Å²) in [5.41, 5.74) is 4.09. The topological polar surface area (TPSA) is 129 Å². The smallest absolute Gasteiger partial charge is 0.325 e. The van der Waals surface area contributed by atoms with Gasteiger partial charge in [0.1, 0.15) is 6.04 Å². The molecule has 1 rings (SSSR count). The first-order valence-electron chi connectivity index (χ1n) is 3.80. The van der Waals surface area contributed by atoms with Crippen LogP contribution < -0.4 is 17.0 Å². The second-order valence-electron chi connectivity index (χ2n) is 2.75. The van der Waals surface area contributed by atoms with E-state index in [-0.39, 0.29) is 12.0 Å². The van der Waals surface area contributed by atoms with Gasteiger partial charge in [0.25, 0.3) is 5.56 Å². The van der Waals surface area contributed by atoms with Crippen LogP contribution in [0.15, 0.2) is 15.8 Å². The minimum absolute atomic E-state index is 0.124. The van der Waals surface area contributed by atoms with E-state index in [1.54, 1.807) is 0 Å². The fraction of sp³-hybridized carbons (Fsp3) is 0.286. The van der Waals surface area contributed by atoms with Crippen molar-refractivity contribution in [2.24, 2.45) is 5.73 Å². The maximum atomic E-state index is 11.1. The van der Waals surface area contributed by atoms with Gasteiger partial charge in [0, 0.05) is 18.2 Å². The van der Waals surface area contributed by atoms with Gasteiger partial charge in [-0.3, -0.25) is 14.6 Å². The molecule has 1 aromatic heterocycles. The van der Waals surface area contributed by atoms with E-state index in [0.717, 1.165) is 6.20 Å². The highest BCUT2D eigenvalue weighted by atomic mass is 16.4. The molecule has 0 unspecified atom stereocenters. The highest BCUT2D eigenvalue weighted by Gasteiger charge is 2.14. The molecule has 0 fully saturated rings. The van der Waals surface area contributed by atoms with Crippen LogP contribution in [0.3, 0.4) is 0 Å². The van der Waals surface area contributed by atoms with Gasteiger partial charge >= 0.3 is 11.7 Å². The summed E-state index contributed by atoms with van der Waals surface area (Å²) in [5.74, 6) is -1.20. The number of aromatic nitrogens is 2. The minimum Gasteiger partial charge on any atom is -0.480 e. The molecule has 76 valence electrons. The Morgan fingerprint density at radius 2 is 2.21 bits per heavy atom. The van der Waals surface area contributed by atoms with Crippen molar-refractivity contribution in [1.29, 1.82) is 0 Å². The standard InChI is InChI=1S/C7H9N3O4/c8-4(6(12)13)1-3-2-9-7(14)10-5(3)11/h2,4H,1,8H2,(H,12,13)(H2,9,10,11,14)/t4-/m1/s1. The molecule has 5 N–H and O–H groups in total. The molecule has 14 heavy (non-hydrogen) atoms. The van der Waals surface area contributed by atoms with Crippen molar-refractivity contribution in [3.63, 3.8) is 0 Å². The van der Waals surface area contributed by atoms with Gasteiger partial charge in [-0.05, 0) is 0 Å². The van der Waals surface area contributed by atoms with Crippen LogP contribution in [-0.4, -0.2) is 27.1 Å². The van der Waals surface area contributed by atoms with Gasteiger partial charge < -0.3 is 15.8 Å². The highest BCUT2D eigenvalue weighted by Crippen LogP contribution is 1.91. The Morgan fingerprint density at radius 3 is 2.71 bits per heavy atom. The molecule has 7 heteroatoms. The predicted octanol–water partition coefficient (Wildman–Crippen LogP) is -1.98. The molecule has 0 saturated heterocycles. The fourth-order valence-corrected chi connectivity index (χ4v) is 0.914. The van der Waals surface area contributed by atoms with Crippen molar-refractivity contribution in [2.75, 3.05) is 0 Å². The maximum absolute atomic E-state index is 11.1. The number of carboxylic acids is 1. The molecule has 0 amide bonds. The Bertz CT molecular complexity index is 447. The van der Waals surface area contributed by atoms with Crippen molar-refractivity contribution >= 4 is 5.97 Å². The molecule has 0 aliphatic rings. The monoisotopic (exact) mass is 199 g/mol. The Hall–Kier alpha value is -1.89. The van der Waals surface area contributed by atoms with Crippen LogP contribution in [0.5, 0.6) is 0 Å². The predicted molar refractivity (Wildman–Crippen MR) is 47.0 cm³/mol. The molecule has 0 radical (unpaired) electrons. The molecular weight excluding hydrogens is 190 g/mol. The lowest BCUT2D eigenvalue weighted by Gasteiger charge is -2.03. The van der Waals surface area contributed by atoms with Crippen LogP contribution in [-0.2, 0) is 11.2 Å². The van der Waals surface area contributed by atoms with Crippen LogP contribution in [0.2, 0.25) is 0 Å². The van der Waals surface area contributed by atoms with E-state index in [1.807, 2.05) is 4.98 Å². The van der Waals surface area contributed by atoms with E-state index in [2.05, 4.69) is 4.98 Å². The third-order valence-corrected chi connectivity index (χ3v) is 1.65. The quantitative estimate of drug-likeness (QED) is 0.448. The maximum Gasteiger partial charge on any atom is 0.325 e. The molecule has 0 aliphatic carbocycles. The Kier molecular flexibility index (Phi) is 2.82. The van der Waals surface area contributed by atoms with Crippen LogP contribution in [0.4, 0.5) is 0 Å².